The lowest BCUT2D eigenvalue weighted by Crippen LogP contribution is -2.17. The second kappa shape index (κ2) is 7.85. The summed E-state index contributed by atoms with van der Waals surface area (Å²) < 4.78 is 50.7. The number of alkyl halides is 3. The molecule has 10 heteroatoms. The predicted molar refractivity (Wildman–Crippen MR) is 94.3 cm³/mol. The number of imidazole rings is 1. The summed E-state index contributed by atoms with van der Waals surface area (Å²) in [4.78, 5) is 20.2. The molecule has 28 heavy (non-hydrogen) atoms. The Morgan fingerprint density at radius 2 is 2.04 bits per heavy atom. The molecule has 0 radical (unpaired) electrons. The lowest BCUT2D eigenvalue weighted by atomic mass is 10.2. The van der Waals surface area contributed by atoms with E-state index in [4.69, 9.17) is 9.47 Å². The van der Waals surface area contributed by atoms with Gasteiger partial charge in [-0.05, 0) is 19.1 Å². The summed E-state index contributed by atoms with van der Waals surface area (Å²) in [6.45, 7) is 2.40. The number of nitrogens with zero attached hydrogens (tertiary/aromatic N) is 3. The van der Waals surface area contributed by atoms with E-state index >= 15 is 0 Å². The van der Waals surface area contributed by atoms with Crippen LogP contribution in [0.5, 0.6) is 5.75 Å². The van der Waals surface area contributed by atoms with Crippen molar-refractivity contribution in [2.45, 2.75) is 19.7 Å². The highest BCUT2D eigenvalue weighted by atomic mass is 19.4. The van der Waals surface area contributed by atoms with Gasteiger partial charge in [0, 0.05) is 25.6 Å². The fourth-order valence-corrected chi connectivity index (χ4v) is 2.56. The van der Waals surface area contributed by atoms with Crippen LogP contribution in [-0.2, 0) is 17.5 Å². The zero-order valence-electron chi connectivity index (χ0n) is 15.1. The molecule has 1 N–H and O–H groups in total. The van der Waals surface area contributed by atoms with Crippen molar-refractivity contribution in [2.24, 2.45) is 0 Å². The Kier molecular flexibility index (Phi) is 5.50. The minimum atomic E-state index is -4.64. The summed E-state index contributed by atoms with van der Waals surface area (Å²) in [5, 5.41) is 2.55. The Labute approximate surface area is 158 Å². The Balaban J connectivity index is 1.93. The number of hydrogen-bond acceptors (Lipinski definition) is 5. The highest BCUT2D eigenvalue weighted by Gasteiger charge is 2.33. The summed E-state index contributed by atoms with van der Waals surface area (Å²) >= 11 is 0. The molecule has 1 amide bonds. The Hall–Kier alpha value is -3.14. The van der Waals surface area contributed by atoms with Gasteiger partial charge in [0.15, 0.2) is 0 Å². The normalized spacial score (nSPS) is 11.6. The largest absolute Gasteiger partial charge is 0.491 e. The molecule has 0 unspecified atom stereocenters. The molecule has 0 aliphatic heterocycles. The molecule has 0 atom stereocenters. The monoisotopic (exact) mass is 394 g/mol. The van der Waals surface area contributed by atoms with E-state index in [0.717, 1.165) is 12.1 Å². The van der Waals surface area contributed by atoms with Crippen molar-refractivity contribution >= 4 is 17.2 Å². The van der Waals surface area contributed by atoms with Crippen molar-refractivity contribution in [1.29, 1.82) is 0 Å². The molecule has 0 aliphatic rings. The second-order valence-corrected chi connectivity index (χ2v) is 5.78. The standard InChI is InChI=1S/C18H17F3N4O3/c1-3-28-14-7-16-22-11(10-27-2)8-25(16)9-13(14)24-17(26)12-5-4-6-15(23-12)18(19,20)21/h4-9H,3,10H2,1-2H3,(H,24,26). The molecular weight excluding hydrogens is 377 g/mol. The first-order chi connectivity index (χ1) is 13.3. The summed E-state index contributed by atoms with van der Waals surface area (Å²) in [5.74, 6) is -0.450. The number of ether oxygens (including phenoxy) is 2. The summed E-state index contributed by atoms with van der Waals surface area (Å²) in [6.07, 6.45) is -1.36. The smallest absolute Gasteiger partial charge is 0.433 e. The number of methoxy groups -OCH3 is 1. The average molecular weight is 394 g/mol. The van der Waals surface area contributed by atoms with Crippen molar-refractivity contribution in [3.8, 4) is 5.75 Å². The number of rotatable bonds is 6. The molecule has 3 aromatic rings. The fraction of sp³-hybridized carbons (Fsp3) is 0.278. The molecule has 3 heterocycles. The van der Waals surface area contributed by atoms with Gasteiger partial charge >= 0.3 is 6.18 Å². The highest BCUT2D eigenvalue weighted by molar-refractivity contribution is 6.03. The number of nitrogens with one attached hydrogen (secondary N) is 1. The van der Waals surface area contributed by atoms with E-state index in [0.29, 0.717) is 30.3 Å². The van der Waals surface area contributed by atoms with Crippen LogP contribution in [0.3, 0.4) is 0 Å². The molecule has 0 saturated carbocycles. The van der Waals surface area contributed by atoms with Gasteiger partial charge in [-0.3, -0.25) is 4.79 Å². The van der Waals surface area contributed by atoms with Crippen molar-refractivity contribution in [2.75, 3.05) is 19.0 Å². The van der Waals surface area contributed by atoms with E-state index in [-0.39, 0.29) is 11.4 Å². The molecule has 0 bridgehead atoms. The third-order valence-corrected chi connectivity index (χ3v) is 3.72. The van der Waals surface area contributed by atoms with Gasteiger partial charge in [0.25, 0.3) is 5.91 Å². The van der Waals surface area contributed by atoms with Crippen LogP contribution in [0.4, 0.5) is 18.9 Å². The lowest BCUT2D eigenvalue weighted by Gasteiger charge is -2.12. The van der Waals surface area contributed by atoms with Crippen molar-refractivity contribution in [3.05, 3.63) is 53.7 Å². The highest BCUT2D eigenvalue weighted by Crippen LogP contribution is 2.29. The van der Waals surface area contributed by atoms with E-state index in [1.807, 2.05) is 0 Å². The molecule has 0 spiro atoms. The van der Waals surface area contributed by atoms with Crippen molar-refractivity contribution in [1.82, 2.24) is 14.4 Å². The molecule has 148 valence electrons. The van der Waals surface area contributed by atoms with Gasteiger partial charge in [0.2, 0.25) is 0 Å². The van der Waals surface area contributed by atoms with E-state index in [2.05, 4.69) is 15.3 Å². The lowest BCUT2D eigenvalue weighted by molar-refractivity contribution is -0.141. The van der Waals surface area contributed by atoms with Crippen molar-refractivity contribution in [3.63, 3.8) is 0 Å². The minimum Gasteiger partial charge on any atom is -0.491 e. The number of amides is 1. The van der Waals surface area contributed by atoms with Crippen molar-refractivity contribution < 1.29 is 27.4 Å². The Bertz CT molecular complexity index is 1000. The van der Waals surface area contributed by atoms with Crippen LogP contribution in [-0.4, -0.2) is 34.0 Å². The number of fused-ring (bicyclic) bond motifs is 1. The first-order valence-corrected chi connectivity index (χ1v) is 8.30. The molecule has 0 fully saturated rings. The summed E-state index contributed by atoms with van der Waals surface area (Å²) in [5.41, 5.74) is 0.0288. The van der Waals surface area contributed by atoms with Gasteiger partial charge in [0.05, 0.1) is 18.9 Å². The van der Waals surface area contributed by atoms with Crippen LogP contribution in [0, 0.1) is 0 Å². The fourth-order valence-electron chi connectivity index (χ4n) is 2.56. The molecule has 0 aromatic carbocycles. The van der Waals surface area contributed by atoms with Gasteiger partial charge in [0.1, 0.15) is 28.5 Å². The number of anilines is 1. The SMILES string of the molecule is CCOc1cc2nc(COC)cn2cc1NC(=O)c1cccc(C(F)(F)F)n1. The van der Waals surface area contributed by atoms with E-state index < -0.39 is 17.8 Å². The van der Waals surface area contributed by atoms with Crippen LogP contribution in [0.25, 0.3) is 5.65 Å². The number of carbonyl (C=O) groups is 1. The third kappa shape index (κ3) is 4.22. The first-order valence-electron chi connectivity index (χ1n) is 8.30. The van der Waals surface area contributed by atoms with E-state index in [1.165, 1.54) is 6.07 Å². The van der Waals surface area contributed by atoms with Crippen LogP contribution in [0.1, 0.15) is 28.8 Å². The number of carbonyl (C=O) groups excluding carboxylic acids is 1. The zero-order chi connectivity index (χ0) is 20.3. The predicted octanol–water partition coefficient (Wildman–Crippen LogP) is 3.55. The molecule has 7 nitrogen and oxygen atoms in total. The third-order valence-electron chi connectivity index (χ3n) is 3.72. The van der Waals surface area contributed by atoms with Gasteiger partial charge in [-0.1, -0.05) is 6.07 Å². The minimum absolute atomic E-state index is 0.278. The zero-order valence-corrected chi connectivity index (χ0v) is 15.1. The first kappa shape index (κ1) is 19.6. The molecule has 3 rings (SSSR count). The summed E-state index contributed by atoms with van der Waals surface area (Å²) in [7, 11) is 1.54. The molecule has 0 saturated heterocycles. The van der Waals surface area contributed by atoms with E-state index in [9.17, 15) is 18.0 Å². The van der Waals surface area contributed by atoms with Gasteiger partial charge in [-0.25, -0.2) is 9.97 Å². The maximum atomic E-state index is 12.8. The Morgan fingerprint density at radius 1 is 1.25 bits per heavy atom. The Morgan fingerprint density at radius 3 is 2.71 bits per heavy atom. The number of aromatic nitrogens is 3. The number of hydrogen-bond donors (Lipinski definition) is 1. The summed E-state index contributed by atoms with van der Waals surface area (Å²) in [6, 6.07) is 4.76. The second-order valence-electron chi connectivity index (χ2n) is 5.78. The molecule has 3 aromatic heterocycles. The van der Waals surface area contributed by atoms with Crippen LogP contribution < -0.4 is 10.1 Å². The molecule has 0 aliphatic carbocycles. The van der Waals surface area contributed by atoms with E-state index in [1.54, 1.807) is 36.9 Å². The van der Waals surface area contributed by atoms with Gasteiger partial charge < -0.3 is 19.2 Å². The van der Waals surface area contributed by atoms with Crippen LogP contribution in [0.15, 0.2) is 36.7 Å². The van der Waals surface area contributed by atoms with Gasteiger partial charge in [-0.15, -0.1) is 0 Å². The molecular formula is C18H17F3N4O3. The quantitative estimate of drug-likeness (QED) is 0.692. The maximum Gasteiger partial charge on any atom is 0.433 e. The topological polar surface area (TPSA) is 77.8 Å². The number of pyridine rings is 2. The number of halogens is 3. The average Bonchev–Trinajstić information content (AvgIpc) is 3.03. The van der Waals surface area contributed by atoms with Crippen LogP contribution >= 0.6 is 0 Å². The maximum absolute atomic E-state index is 12.8. The van der Waals surface area contributed by atoms with Gasteiger partial charge in [-0.2, -0.15) is 13.2 Å². The van der Waals surface area contributed by atoms with Crippen LogP contribution in [0.2, 0.25) is 0 Å².